The summed E-state index contributed by atoms with van der Waals surface area (Å²) in [5, 5.41) is 0. The average molecular weight is 211 g/mol. The quantitative estimate of drug-likeness (QED) is 0.641. The van der Waals surface area contributed by atoms with Gasteiger partial charge in [-0.1, -0.05) is 20.8 Å². The monoisotopic (exact) mass is 211 g/mol. The molecule has 0 saturated carbocycles. The topological polar surface area (TPSA) is 3.24 Å². The van der Waals surface area contributed by atoms with Crippen LogP contribution in [0.5, 0.6) is 0 Å². The van der Waals surface area contributed by atoms with Crippen molar-refractivity contribution in [2.24, 2.45) is 5.41 Å². The molecule has 0 spiro atoms. The van der Waals surface area contributed by atoms with Crippen LogP contribution in [0, 0.1) is 5.41 Å². The normalized spacial score (nSPS) is 35.1. The van der Waals surface area contributed by atoms with Gasteiger partial charge in [-0.15, -0.1) is 0 Å². The van der Waals surface area contributed by atoms with Crippen molar-refractivity contribution in [1.29, 1.82) is 0 Å². The molecule has 1 nitrogen and oxygen atoms in total. The highest BCUT2D eigenvalue weighted by molar-refractivity contribution is 5.27. The van der Waals surface area contributed by atoms with Gasteiger partial charge in [0.05, 0.1) is 6.33 Å². The zero-order valence-electron chi connectivity index (χ0n) is 10.1. The molecule has 0 N–H and O–H groups in total. The third kappa shape index (κ3) is 1.84. The largest absolute Gasteiger partial charge is 0.293 e. The lowest BCUT2D eigenvalue weighted by Gasteiger charge is -2.38. The number of halogens is 1. The summed E-state index contributed by atoms with van der Waals surface area (Å²) in [5.41, 5.74) is 1.41. The van der Waals surface area contributed by atoms with E-state index in [1.165, 1.54) is 6.42 Å². The Balaban J connectivity index is 2.28. The molecule has 2 fully saturated rings. The van der Waals surface area contributed by atoms with Crippen molar-refractivity contribution in [3.63, 3.8) is 0 Å². The van der Waals surface area contributed by atoms with E-state index in [2.05, 4.69) is 25.7 Å². The molecule has 0 radical (unpaired) electrons. The molecule has 1 unspecified atom stereocenters. The minimum atomic E-state index is 0.0764. The van der Waals surface area contributed by atoms with E-state index in [0.717, 1.165) is 44.3 Å². The Morgan fingerprint density at radius 1 is 1.40 bits per heavy atom. The van der Waals surface area contributed by atoms with Crippen molar-refractivity contribution in [2.45, 2.75) is 52.0 Å². The summed E-state index contributed by atoms with van der Waals surface area (Å²) in [7, 11) is 0. The molecule has 0 aromatic rings. The Bertz CT molecular complexity index is 277. The van der Waals surface area contributed by atoms with Crippen molar-refractivity contribution in [3.8, 4) is 0 Å². The molecule has 1 atom stereocenters. The highest BCUT2D eigenvalue weighted by Gasteiger charge is 2.49. The van der Waals surface area contributed by atoms with Gasteiger partial charge in [0.2, 0.25) is 0 Å². The lowest BCUT2D eigenvalue weighted by Crippen LogP contribution is -2.42. The van der Waals surface area contributed by atoms with Crippen LogP contribution in [0.3, 0.4) is 0 Å². The van der Waals surface area contributed by atoms with Gasteiger partial charge in [0, 0.05) is 12.1 Å². The van der Waals surface area contributed by atoms with Crippen LogP contribution in [-0.4, -0.2) is 23.5 Å². The van der Waals surface area contributed by atoms with Crippen molar-refractivity contribution in [3.05, 3.63) is 11.9 Å². The molecule has 0 amide bonds. The summed E-state index contributed by atoms with van der Waals surface area (Å²) < 4.78 is 13.0. The first kappa shape index (κ1) is 11.1. The molecular weight excluding hydrogens is 189 g/mol. The molecule has 2 rings (SSSR count). The van der Waals surface area contributed by atoms with Crippen molar-refractivity contribution in [2.75, 3.05) is 13.1 Å². The zero-order chi connectivity index (χ0) is 11.1. The molecule has 2 aliphatic heterocycles. The van der Waals surface area contributed by atoms with E-state index < -0.39 is 0 Å². The number of fused-ring (bicyclic) bond motifs is 1. The van der Waals surface area contributed by atoms with Crippen molar-refractivity contribution in [1.82, 2.24) is 4.90 Å². The minimum Gasteiger partial charge on any atom is -0.293 e. The third-order valence-corrected chi connectivity index (χ3v) is 3.83. The first-order valence-corrected chi connectivity index (χ1v) is 6.03. The fraction of sp³-hybridized carbons (Fsp3) is 0.846. The SMILES string of the molecule is CC(C)(C)CC12CCCN1CC/C2=C\F. The van der Waals surface area contributed by atoms with Crippen molar-refractivity contribution < 1.29 is 4.39 Å². The fourth-order valence-corrected chi connectivity index (χ4v) is 3.46. The summed E-state index contributed by atoms with van der Waals surface area (Å²) in [6, 6.07) is 0. The van der Waals surface area contributed by atoms with Crippen molar-refractivity contribution >= 4 is 0 Å². The van der Waals surface area contributed by atoms with E-state index in [1.54, 1.807) is 0 Å². The first-order valence-electron chi connectivity index (χ1n) is 6.03. The van der Waals surface area contributed by atoms with E-state index in [0.29, 0.717) is 0 Å². The molecule has 2 heterocycles. The Kier molecular flexibility index (Phi) is 2.66. The molecular formula is C13H22FN. The van der Waals surface area contributed by atoms with Gasteiger partial charge in [0.25, 0.3) is 0 Å². The molecule has 86 valence electrons. The van der Waals surface area contributed by atoms with Crippen LogP contribution >= 0.6 is 0 Å². The maximum atomic E-state index is 13.0. The van der Waals surface area contributed by atoms with Gasteiger partial charge < -0.3 is 0 Å². The molecule has 2 heteroatoms. The molecule has 15 heavy (non-hydrogen) atoms. The highest BCUT2D eigenvalue weighted by Crippen LogP contribution is 2.48. The van der Waals surface area contributed by atoms with Crippen LogP contribution in [0.25, 0.3) is 0 Å². The maximum Gasteiger partial charge on any atom is 0.0877 e. The third-order valence-electron chi connectivity index (χ3n) is 3.83. The molecule has 0 aromatic heterocycles. The van der Waals surface area contributed by atoms with E-state index in [1.807, 2.05) is 0 Å². The average Bonchev–Trinajstić information content (AvgIpc) is 2.58. The Labute approximate surface area is 92.3 Å². The summed E-state index contributed by atoms with van der Waals surface area (Å²) in [5.74, 6) is 0. The minimum absolute atomic E-state index is 0.0764. The van der Waals surface area contributed by atoms with Crippen LogP contribution < -0.4 is 0 Å². The van der Waals surface area contributed by atoms with Crippen LogP contribution in [0.4, 0.5) is 4.39 Å². The molecule has 2 saturated heterocycles. The number of rotatable bonds is 1. The zero-order valence-corrected chi connectivity index (χ0v) is 10.1. The molecule has 0 aromatic carbocycles. The first-order chi connectivity index (χ1) is 6.98. The molecule has 0 aliphatic carbocycles. The maximum absolute atomic E-state index is 13.0. The predicted molar refractivity (Wildman–Crippen MR) is 61.4 cm³/mol. The lowest BCUT2D eigenvalue weighted by molar-refractivity contribution is 0.154. The number of hydrogen-bond donors (Lipinski definition) is 0. The Hall–Kier alpha value is -0.370. The Morgan fingerprint density at radius 3 is 2.73 bits per heavy atom. The van der Waals surface area contributed by atoms with Crippen LogP contribution in [0.15, 0.2) is 11.9 Å². The van der Waals surface area contributed by atoms with E-state index in [9.17, 15) is 4.39 Å². The number of hydrogen-bond acceptors (Lipinski definition) is 1. The van der Waals surface area contributed by atoms with Gasteiger partial charge >= 0.3 is 0 Å². The van der Waals surface area contributed by atoms with E-state index >= 15 is 0 Å². The predicted octanol–water partition coefficient (Wildman–Crippen LogP) is 3.51. The second-order valence-corrected chi connectivity index (χ2v) is 6.24. The van der Waals surface area contributed by atoms with Gasteiger partial charge in [-0.25, -0.2) is 4.39 Å². The van der Waals surface area contributed by atoms with Gasteiger partial charge in [0.1, 0.15) is 0 Å². The van der Waals surface area contributed by atoms with Crippen LogP contribution in [0.2, 0.25) is 0 Å². The molecule has 2 aliphatic rings. The highest BCUT2D eigenvalue weighted by atomic mass is 19.1. The summed E-state index contributed by atoms with van der Waals surface area (Å²) >= 11 is 0. The van der Waals surface area contributed by atoms with Gasteiger partial charge in [-0.05, 0) is 43.2 Å². The van der Waals surface area contributed by atoms with Crippen LogP contribution in [-0.2, 0) is 0 Å². The fourth-order valence-electron chi connectivity index (χ4n) is 3.46. The van der Waals surface area contributed by atoms with Gasteiger partial charge in [-0.2, -0.15) is 0 Å². The smallest absolute Gasteiger partial charge is 0.0877 e. The summed E-state index contributed by atoms with van der Waals surface area (Å²) in [4.78, 5) is 2.50. The summed E-state index contributed by atoms with van der Waals surface area (Å²) in [6.07, 6.45) is 5.30. The van der Waals surface area contributed by atoms with Crippen LogP contribution in [0.1, 0.15) is 46.5 Å². The van der Waals surface area contributed by atoms with Gasteiger partial charge in [-0.3, -0.25) is 4.90 Å². The van der Waals surface area contributed by atoms with E-state index in [4.69, 9.17) is 0 Å². The number of nitrogens with zero attached hydrogens (tertiary/aromatic N) is 1. The van der Waals surface area contributed by atoms with Gasteiger partial charge in [0.15, 0.2) is 0 Å². The standard InChI is InChI=1S/C13H22FN/c1-12(2,3)10-13-6-4-7-15(13)8-5-11(13)9-14/h9H,4-8,10H2,1-3H3/b11-9+. The second-order valence-electron chi connectivity index (χ2n) is 6.24. The lowest BCUT2D eigenvalue weighted by atomic mass is 9.75. The second kappa shape index (κ2) is 3.58. The summed E-state index contributed by atoms with van der Waals surface area (Å²) in [6.45, 7) is 8.99. The molecule has 0 bridgehead atoms. The Morgan fingerprint density at radius 2 is 2.13 bits per heavy atom. The van der Waals surface area contributed by atoms with E-state index in [-0.39, 0.29) is 11.0 Å².